The van der Waals surface area contributed by atoms with Crippen molar-refractivity contribution < 1.29 is 0 Å². The van der Waals surface area contributed by atoms with Gasteiger partial charge < -0.3 is 10.6 Å². The highest BCUT2D eigenvalue weighted by Gasteiger charge is 2.13. The van der Waals surface area contributed by atoms with E-state index >= 15 is 0 Å². The molecule has 0 radical (unpaired) electrons. The van der Waals surface area contributed by atoms with Crippen LogP contribution in [0.4, 0.5) is 5.69 Å². The zero-order chi connectivity index (χ0) is 11.5. The minimum Gasteiger partial charge on any atom is -0.378 e. The van der Waals surface area contributed by atoms with Crippen LogP contribution in [-0.2, 0) is 0 Å². The predicted molar refractivity (Wildman–Crippen MR) is 61.0 cm³/mol. The second-order valence-electron chi connectivity index (χ2n) is 3.73. The summed E-state index contributed by atoms with van der Waals surface area (Å²) in [6, 6.07) is 7.62. The Balaban J connectivity index is 2.22. The van der Waals surface area contributed by atoms with Crippen LogP contribution in [0.3, 0.4) is 0 Å². The highest BCUT2D eigenvalue weighted by atomic mass is 15.5. The summed E-state index contributed by atoms with van der Waals surface area (Å²) in [6.07, 6.45) is 0. The van der Waals surface area contributed by atoms with Gasteiger partial charge in [-0.2, -0.15) is 5.21 Å². The Morgan fingerprint density at radius 1 is 1.25 bits per heavy atom. The number of aromatic amines is 1. The van der Waals surface area contributed by atoms with Gasteiger partial charge in [0.15, 0.2) is 5.82 Å². The molecular formula is C10H14N6. The average molecular weight is 218 g/mol. The van der Waals surface area contributed by atoms with E-state index in [9.17, 15) is 0 Å². The topological polar surface area (TPSA) is 83.7 Å². The maximum absolute atomic E-state index is 5.99. The van der Waals surface area contributed by atoms with Crippen molar-refractivity contribution in [3.63, 3.8) is 0 Å². The molecule has 6 nitrogen and oxygen atoms in total. The molecule has 0 amide bonds. The van der Waals surface area contributed by atoms with Crippen molar-refractivity contribution in [3.05, 3.63) is 35.7 Å². The van der Waals surface area contributed by atoms with E-state index in [1.807, 2.05) is 43.3 Å². The molecule has 1 unspecified atom stereocenters. The molecular weight excluding hydrogens is 204 g/mol. The molecule has 0 aliphatic carbocycles. The Bertz CT molecular complexity index is 433. The molecule has 84 valence electrons. The van der Waals surface area contributed by atoms with E-state index in [1.54, 1.807) is 0 Å². The van der Waals surface area contributed by atoms with Gasteiger partial charge in [-0.3, -0.25) is 0 Å². The molecule has 0 aliphatic rings. The van der Waals surface area contributed by atoms with Gasteiger partial charge in [0.05, 0.1) is 6.04 Å². The third-order valence-corrected chi connectivity index (χ3v) is 2.41. The molecule has 2 aromatic rings. The molecule has 3 N–H and O–H groups in total. The first-order valence-corrected chi connectivity index (χ1v) is 4.94. The van der Waals surface area contributed by atoms with E-state index < -0.39 is 0 Å². The van der Waals surface area contributed by atoms with Gasteiger partial charge in [-0.15, -0.1) is 10.2 Å². The molecule has 1 aromatic carbocycles. The molecule has 1 atom stereocenters. The molecule has 0 aliphatic heterocycles. The van der Waals surface area contributed by atoms with E-state index in [0.29, 0.717) is 5.82 Å². The number of nitrogens with one attached hydrogen (secondary N) is 1. The maximum Gasteiger partial charge on any atom is 0.195 e. The van der Waals surface area contributed by atoms with E-state index in [-0.39, 0.29) is 6.04 Å². The molecule has 0 saturated heterocycles. The molecule has 1 aromatic heterocycles. The van der Waals surface area contributed by atoms with Crippen LogP contribution in [0.25, 0.3) is 0 Å². The van der Waals surface area contributed by atoms with E-state index in [0.717, 1.165) is 11.3 Å². The van der Waals surface area contributed by atoms with Crippen molar-refractivity contribution in [2.24, 2.45) is 5.73 Å². The molecule has 0 fully saturated rings. The Hall–Kier alpha value is -1.95. The molecule has 0 spiro atoms. The SMILES string of the molecule is CN(C)c1ccc(C(N)c2nn[nH]n2)cc1. The van der Waals surface area contributed by atoms with Crippen LogP contribution in [0.15, 0.2) is 24.3 Å². The summed E-state index contributed by atoms with van der Waals surface area (Å²) in [6.45, 7) is 0. The van der Waals surface area contributed by atoms with Crippen molar-refractivity contribution in [2.45, 2.75) is 6.04 Å². The lowest BCUT2D eigenvalue weighted by Gasteiger charge is -2.14. The highest BCUT2D eigenvalue weighted by Crippen LogP contribution is 2.18. The number of anilines is 1. The monoisotopic (exact) mass is 218 g/mol. The molecule has 0 saturated carbocycles. The van der Waals surface area contributed by atoms with Gasteiger partial charge >= 0.3 is 0 Å². The van der Waals surface area contributed by atoms with Crippen LogP contribution < -0.4 is 10.6 Å². The summed E-state index contributed by atoms with van der Waals surface area (Å²) in [4.78, 5) is 2.03. The number of benzene rings is 1. The Kier molecular flexibility index (Phi) is 2.82. The zero-order valence-electron chi connectivity index (χ0n) is 9.25. The van der Waals surface area contributed by atoms with Gasteiger partial charge in [-0.05, 0) is 17.7 Å². The number of H-pyrrole nitrogens is 1. The second kappa shape index (κ2) is 4.28. The fourth-order valence-electron chi connectivity index (χ4n) is 1.43. The highest BCUT2D eigenvalue weighted by molar-refractivity contribution is 5.46. The quantitative estimate of drug-likeness (QED) is 0.774. The Morgan fingerprint density at radius 2 is 1.94 bits per heavy atom. The standard InChI is InChI=1S/C10H14N6/c1-16(2)8-5-3-7(4-6-8)9(11)10-12-14-15-13-10/h3-6,9H,11H2,1-2H3,(H,12,13,14,15). The average Bonchev–Trinajstić information content (AvgIpc) is 2.81. The summed E-state index contributed by atoms with van der Waals surface area (Å²) in [5.41, 5.74) is 8.08. The second-order valence-corrected chi connectivity index (χ2v) is 3.73. The number of rotatable bonds is 3. The maximum atomic E-state index is 5.99. The van der Waals surface area contributed by atoms with Crippen LogP contribution in [0.5, 0.6) is 0 Å². The van der Waals surface area contributed by atoms with Crippen molar-refractivity contribution in [1.82, 2.24) is 20.6 Å². The normalized spacial score (nSPS) is 12.4. The molecule has 2 rings (SSSR count). The molecule has 6 heteroatoms. The van der Waals surface area contributed by atoms with E-state index in [4.69, 9.17) is 5.73 Å². The third kappa shape index (κ3) is 2.01. The largest absolute Gasteiger partial charge is 0.378 e. The van der Waals surface area contributed by atoms with Crippen molar-refractivity contribution >= 4 is 5.69 Å². The van der Waals surface area contributed by atoms with Gasteiger partial charge in [-0.25, -0.2) is 0 Å². The van der Waals surface area contributed by atoms with Crippen LogP contribution in [0.1, 0.15) is 17.4 Å². The zero-order valence-corrected chi connectivity index (χ0v) is 9.25. The summed E-state index contributed by atoms with van der Waals surface area (Å²) in [5, 5.41) is 13.6. The van der Waals surface area contributed by atoms with Crippen LogP contribution in [0.2, 0.25) is 0 Å². The lowest BCUT2D eigenvalue weighted by molar-refractivity contribution is 0.785. The van der Waals surface area contributed by atoms with E-state index in [2.05, 4.69) is 20.6 Å². The first-order valence-electron chi connectivity index (χ1n) is 4.94. The molecule has 16 heavy (non-hydrogen) atoms. The van der Waals surface area contributed by atoms with Crippen molar-refractivity contribution in [2.75, 3.05) is 19.0 Å². The van der Waals surface area contributed by atoms with Gasteiger partial charge in [0.2, 0.25) is 0 Å². The number of aromatic nitrogens is 4. The summed E-state index contributed by atoms with van der Waals surface area (Å²) >= 11 is 0. The van der Waals surface area contributed by atoms with E-state index in [1.165, 1.54) is 0 Å². The first-order chi connectivity index (χ1) is 7.68. The molecule has 1 heterocycles. The summed E-state index contributed by atoms with van der Waals surface area (Å²) < 4.78 is 0. The smallest absolute Gasteiger partial charge is 0.195 e. The Labute approximate surface area is 93.5 Å². The molecule has 0 bridgehead atoms. The van der Waals surface area contributed by atoms with Crippen molar-refractivity contribution in [3.8, 4) is 0 Å². The van der Waals surface area contributed by atoms with Gasteiger partial charge in [-0.1, -0.05) is 17.3 Å². The summed E-state index contributed by atoms with van der Waals surface area (Å²) in [5.74, 6) is 0.498. The Morgan fingerprint density at radius 3 is 2.44 bits per heavy atom. The van der Waals surface area contributed by atoms with Crippen molar-refractivity contribution in [1.29, 1.82) is 0 Å². The fourth-order valence-corrected chi connectivity index (χ4v) is 1.43. The van der Waals surface area contributed by atoms with Gasteiger partial charge in [0.1, 0.15) is 0 Å². The number of hydrogen-bond donors (Lipinski definition) is 2. The van der Waals surface area contributed by atoms with Crippen LogP contribution >= 0.6 is 0 Å². The fraction of sp³-hybridized carbons (Fsp3) is 0.300. The minimum atomic E-state index is -0.338. The first kappa shape index (κ1) is 10.6. The van der Waals surface area contributed by atoms with Crippen LogP contribution in [-0.4, -0.2) is 34.7 Å². The van der Waals surface area contributed by atoms with Crippen LogP contribution in [0, 0.1) is 0 Å². The number of nitrogens with zero attached hydrogens (tertiary/aromatic N) is 4. The predicted octanol–water partition coefficient (Wildman–Crippen LogP) is 0.314. The third-order valence-electron chi connectivity index (χ3n) is 2.41. The number of nitrogens with two attached hydrogens (primary N) is 1. The lowest BCUT2D eigenvalue weighted by Crippen LogP contribution is -2.14. The van der Waals surface area contributed by atoms with Gasteiger partial charge in [0, 0.05) is 19.8 Å². The minimum absolute atomic E-state index is 0.338. The summed E-state index contributed by atoms with van der Waals surface area (Å²) in [7, 11) is 3.99. The number of tetrazole rings is 1. The lowest BCUT2D eigenvalue weighted by atomic mass is 10.1. The number of hydrogen-bond acceptors (Lipinski definition) is 5. The van der Waals surface area contributed by atoms with Gasteiger partial charge in [0.25, 0.3) is 0 Å².